The smallest absolute Gasteiger partial charge is 0.211 e. The van der Waals surface area contributed by atoms with E-state index in [2.05, 4.69) is 16.6 Å². The normalized spacial score (nSPS) is 12.3. The summed E-state index contributed by atoms with van der Waals surface area (Å²) in [4.78, 5) is 4.96. The number of aromatic nitrogens is 2. The molecular weight excluding hydrogens is 467 g/mol. The van der Waals surface area contributed by atoms with Crippen LogP contribution in [-0.2, 0) is 17.8 Å². The molecule has 0 saturated heterocycles. The van der Waals surface area contributed by atoms with Crippen molar-refractivity contribution in [1.82, 2.24) is 9.55 Å². The first-order valence-corrected chi connectivity index (χ1v) is 11.5. The van der Waals surface area contributed by atoms with Crippen LogP contribution in [0.5, 0.6) is 0 Å². The highest BCUT2D eigenvalue weighted by molar-refractivity contribution is 6.36. The number of hydrazone groups is 1. The van der Waals surface area contributed by atoms with Crippen molar-refractivity contribution in [1.29, 1.82) is 0 Å². The van der Waals surface area contributed by atoms with Crippen LogP contribution in [0, 0.1) is 5.41 Å². The summed E-state index contributed by atoms with van der Waals surface area (Å²) in [5, 5.41) is 5.59. The van der Waals surface area contributed by atoms with Crippen molar-refractivity contribution in [3.63, 3.8) is 0 Å². The molecule has 5 nitrogen and oxygen atoms in total. The fourth-order valence-electron chi connectivity index (χ4n) is 3.41. The summed E-state index contributed by atoms with van der Waals surface area (Å²) in [6.07, 6.45) is 1.72. The van der Waals surface area contributed by atoms with Crippen LogP contribution in [0.15, 0.2) is 47.6 Å². The molecule has 1 heterocycles. The van der Waals surface area contributed by atoms with Gasteiger partial charge in [0.1, 0.15) is 18.1 Å². The first-order valence-electron chi connectivity index (χ1n) is 10.4. The number of halogens is 3. The molecule has 0 amide bonds. The molecule has 2 aromatic carbocycles. The van der Waals surface area contributed by atoms with Crippen LogP contribution < -0.4 is 5.84 Å². The number of hydrogen-bond acceptors (Lipinski definition) is 4. The Bertz CT molecular complexity index is 1120. The zero-order chi connectivity index (χ0) is 23.5. The van der Waals surface area contributed by atoms with Gasteiger partial charge in [0.15, 0.2) is 0 Å². The number of hydrogen-bond donors (Lipinski definition) is 1. The molecule has 3 rings (SSSR count). The van der Waals surface area contributed by atoms with E-state index < -0.39 is 0 Å². The summed E-state index contributed by atoms with van der Waals surface area (Å²) < 4.78 is 8.11. The highest BCUT2D eigenvalue weighted by Crippen LogP contribution is 2.34. The van der Waals surface area contributed by atoms with E-state index in [1.165, 1.54) is 0 Å². The van der Waals surface area contributed by atoms with E-state index in [4.69, 9.17) is 50.4 Å². The van der Waals surface area contributed by atoms with Gasteiger partial charge >= 0.3 is 0 Å². The molecule has 0 aliphatic heterocycles. The minimum atomic E-state index is -0.319. The molecular formula is C24H27Cl3N4O. The van der Waals surface area contributed by atoms with Crippen LogP contribution in [0.3, 0.4) is 0 Å². The van der Waals surface area contributed by atoms with Gasteiger partial charge in [-0.05, 0) is 48.9 Å². The summed E-state index contributed by atoms with van der Waals surface area (Å²) in [5.74, 6) is 6.75. The van der Waals surface area contributed by atoms with E-state index in [1.54, 1.807) is 12.1 Å². The van der Waals surface area contributed by atoms with E-state index in [9.17, 15) is 0 Å². The van der Waals surface area contributed by atoms with Crippen LogP contribution in [0.4, 0.5) is 0 Å². The Morgan fingerprint density at radius 3 is 2.28 bits per heavy atom. The fourth-order valence-corrected chi connectivity index (χ4v) is 4.03. The lowest BCUT2D eigenvalue weighted by atomic mass is 9.97. The summed E-state index contributed by atoms with van der Waals surface area (Å²) >= 11 is 18.9. The minimum Gasteiger partial charge on any atom is -0.473 e. The SMILES string of the molecule is CCCc1c(CO/C(=N\N)C(C)(C)C)nc(-c2ccc(Cl)cc2Cl)n1-c1ccc(Cl)cc1. The molecule has 0 fully saturated rings. The average molecular weight is 494 g/mol. The Labute approximate surface area is 204 Å². The standard InChI is InChI=1S/C24H27Cl3N4O/c1-5-6-21-20(14-32-23(30-28)24(2,3)4)29-22(18-12-9-16(26)13-19(18)27)31(21)17-10-7-15(25)8-11-17/h7-13H,5-6,14,28H2,1-4H3/b30-23-. The lowest BCUT2D eigenvalue weighted by Crippen LogP contribution is -2.25. The Hall–Kier alpha value is -2.21. The van der Waals surface area contributed by atoms with Crippen LogP contribution >= 0.6 is 34.8 Å². The van der Waals surface area contributed by atoms with E-state index in [0.717, 1.165) is 35.5 Å². The Morgan fingerprint density at radius 2 is 1.72 bits per heavy atom. The molecule has 2 N–H and O–H groups in total. The zero-order valence-electron chi connectivity index (χ0n) is 18.6. The average Bonchev–Trinajstić information content (AvgIpc) is 3.06. The van der Waals surface area contributed by atoms with Crippen LogP contribution in [0.2, 0.25) is 15.1 Å². The highest BCUT2D eigenvalue weighted by Gasteiger charge is 2.25. The fraction of sp³-hybridized carbons (Fsp3) is 0.333. The molecule has 3 aromatic rings. The first-order chi connectivity index (χ1) is 15.2. The van der Waals surface area contributed by atoms with E-state index in [0.29, 0.717) is 26.8 Å². The van der Waals surface area contributed by atoms with Crippen molar-refractivity contribution in [2.75, 3.05) is 0 Å². The van der Waals surface area contributed by atoms with Gasteiger partial charge in [0.25, 0.3) is 0 Å². The molecule has 170 valence electrons. The molecule has 0 aliphatic carbocycles. The molecule has 0 atom stereocenters. The number of nitrogens with zero attached hydrogens (tertiary/aromatic N) is 3. The molecule has 8 heteroatoms. The third kappa shape index (κ3) is 5.40. The second-order valence-corrected chi connectivity index (χ2v) is 9.77. The predicted octanol–water partition coefficient (Wildman–Crippen LogP) is 7.29. The number of nitrogens with two attached hydrogens (primary N) is 1. The molecule has 0 radical (unpaired) electrons. The monoisotopic (exact) mass is 492 g/mol. The number of benzene rings is 2. The van der Waals surface area contributed by atoms with Gasteiger partial charge < -0.3 is 10.6 Å². The molecule has 32 heavy (non-hydrogen) atoms. The topological polar surface area (TPSA) is 65.4 Å². The highest BCUT2D eigenvalue weighted by atomic mass is 35.5. The van der Waals surface area contributed by atoms with Gasteiger partial charge in [-0.2, -0.15) is 0 Å². The van der Waals surface area contributed by atoms with Gasteiger partial charge in [-0.25, -0.2) is 4.98 Å². The van der Waals surface area contributed by atoms with Gasteiger partial charge in [-0.1, -0.05) is 68.9 Å². The maximum atomic E-state index is 6.57. The van der Waals surface area contributed by atoms with Crippen molar-refractivity contribution in [3.8, 4) is 17.1 Å². The maximum absolute atomic E-state index is 6.57. The van der Waals surface area contributed by atoms with Gasteiger partial charge in [-0.15, -0.1) is 5.10 Å². The molecule has 0 unspecified atom stereocenters. The maximum Gasteiger partial charge on any atom is 0.211 e. The molecule has 0 saturated carbocycles. The predicted molar refractivity (Wildman–Crippen MR) is 134 cm³/mol. The minimum absolute atomic E-state index is 0.238. The summed E-state index contributed by atoms with van der Waals surface area (Å²) in [7, 11) is 0. The van der Waals surface area contributed by atoms with Crippen LogP contribution in [0.25, 0.3) is 17.1 Å². The van der Waals surface area contributed by atoms with Crippen LogP contribution in [0.1, 0.15) is 45.5 Å². The number of rotatable bonds is 6. The van der Waals surface area contributed by atoms with Crippen LogP contribution in [-0.4, -0.2) is 15.4 Å². The summed E-state index contributed by atoms with van der Waals surface area (Å²) in [6.45, 7) is 8.35. The van der Waals surface area contributed by atoms with Gasteiger partial charge in [-0.3, -0.25) is 4.57 Å². The van der Waals surface area contributed by atoms with Gasteiger partial charge in [0.2, 0.25) is 5.90 Å². The Balaban J connectivity index is 2.18. The first kappa shape index (κ1) is 24.4. The molecule has 0 bridgehead atoms. The third-order valence-corrected chi connectivity index (χ3v) is 5.70. The van der Waals surface area contributed by atoms with Crippen molar-refractivity contribution >= 4 is 40.7 Å². The van der Waals surface area contributed by atoms with E-state index >= 15 is 0 Å². The third-order valence-electron chi connectivity index (χ3n) is 4.90. The second kappa shape index (κ2) is 10.2. The summed E-state index contributed by atoms with van der Waals surface area (Å²) in [5.41, 5.74) is 3.22. The van der Waals surface area contributed by atoms with E-state index in [-0.39, 0.29) is 12.0 Å². The Morgan fingerprint density at radius 1 is 1.06 bits per heavy atom. The van der Waals surface area contributed by atoms with Gasteiger partial charge in [0.05, 0.1) is 5.02 Å². The van der Waals surface area contributed by atoms with E-state index in [1.807, 2.05) is 51.1 Å². The number of ether oxygens (including phenoxy) is 1. The largest absolute Gasteiger partial charge is 0.473 e. The van der Waals surface area contributed by atoms with Crippen molar-refractivity contribution in [2.24, 2.45) is 16.4 Å². The lowest BCUT2D eigenvalue weighted by molar-refractivity contribution is 0.245. The molecule has 0 aliphatic rings. The van der Waals surface area contributed by atoms with Gasteiger partial charge in [0, 0.05) is 32.4 Å². The lowest BCUT2D eigenvalue weighted by Gasteiger charge is -2.20. The zero-order valence-corrected chi connectivity index (χ0v) is 20.9. The number of imidazole rings is 1. The van der Waals surface area contributed by atoms with Crippen molar-refractivity contribution in [3.05, 3.63) is 68.9 Å². The second-order valence-electron chi connectivity index (χ2n) is 8.49. The molecule has 1 aromatic heterocycles. The summed E-state index contributed by atoms with van der Waals surface area (Å²) in [6, 6.07) is 13.0. The quantitative estimate of drug-likeness (QED) is 0.170. The molecule has 0 spiro atoms. The van der Waals surface area contributed by atoms with Crippen molar-refractivity contribution < 1.29 is 4.74 Å². The Kier molecular flexibility index (Phi) is 7.75. The van der Waals surface area contributed by atoms with Crippen molar-refractivity contribution in [2.45, 2.75) is 47.1 Å².